The van der Waals surface area contributed by atoms with Gasteiger partial charge in [-0.15, -0.1) is 5.10 Å². The third-order valence-electron chi connectivity index (χ3n) is 5.70. The van der Waals surface area contributed by atoms with E-state index in [9.17, 15) is 4.79 Å². The molecule has 8 nitrogen and oxygen atoms in total. The van der Waals surface area contributed by atoms with Gasteiger partial charge in [-0.05, 0) is 38.7 Å². The minimum Gasteiger partial charge on any atom is -0.310 e. The fourth-order valence-corrected chi connectivity index (χ4v) is 4.33. The summed E-state index contributed by atoms with van der Waals surface area (Å²) in [5.74, 6) is 1.05. The molecule has 4 aromatic heterocycles. The molecule has 5 aromatic rings. The number of hydrogen-bond donors (Lipinski definition) is 1. The lowest BCUT2D eigenvalue weighted by molar-refractivity contribution is -0.115. The SMILES string of the molecule is CSc1nc2nc(C)c(CC(=O)Nc3c(-c4ccccc4)nc4c(C)cccn34)c(C)n2n1. The molecule has 0 atom stereocenters. The predicted molar refractivity (Wildman–Crippen MR) is 130 cm³/mol. The van der Waals surface area contributed by atoms with E-state index in [-0.39, 0.29) is 12.3 Å². The van der Waals surface area contributed by atoms with Gasteiger partial charge in [-0.3, -0.25) is 9.20 Å². The van der Waals surface area contributed by atoms with Crippen molar-refractivity contribution in [2.24, 2.45) is 0 Å². The number of fused-ring (bicyclic) bond motifs is 2. The summed E-state index contributed by atoms with van der Waals surface area (Å²) in [5.41, 5.74) is 6.00. The number of thioether (sulfide) groups is 1. The van der Waals surface area contributed by atoms with E-state index in [2.05, 4.69) is 20.4 Å². The van der Waals surface area contributed by atoms with Crippen molar-refractivity contribution in [1.29, 1.82) is 0 Å². The summed E-state index contributed by atoms with van der Waals surface area (Å²) in [5, 5.41) is 8.24. The van der Waals surface area contributed by atoms with Gasteiger partial charge in [0, 0.05) is 28.7 Å². The Kier molecular flexibility index (Phi) is 5.33. The van der Waals surface area contributed by atoms with Gasteiger partial charge in [-0.1, -0.05) is 48.2 Å². The Bertz CT molecular complexity index is 1500. The molecule has 4 heterocycles. The van der Waals surface area contributed by atoms with Crippen molar-refractivity contribution in [3.05, 3.63) is 71.2 Å². The molecule has 0 radical (unpaired) electrons. The van der Waals surface area contributed by atoms with Crippen LogP contribution in [0, 0.1) is 20.8 Å². The van der Waals surface area contributed by atoms with Gasteiger partial charge < -0.3 is 5.32 Å². The second-order valence-electron chi connectivity index (χ2n) is 7.86. The number of aryl methyl sites for hydroxylation is 3. The third kappa shape index (κ3) is 3.74. The zero-order valence-corrected chi connectivity index (χ0v) is 19.6. The summed E-state index contributed by atoms with van der Waals surface area (Å²) >= 11 is 1.46. The fourth-order valence-electron chi connectivity index (χ4n) is 3.99. The fraction of sp³-hybridized carbons (Fsp3) is 0.208. The monoisotopic (exact) mass is 457 g/mol. The average molecular weight is 458 g/mol. The molecule has 5 rings (SSSR count). The van der Waals surface area contributed by atoms with E-state index in [4.69, 9.17) is 4.98 Å². The summed E-state index contributed by atoms with van der Waals surface area (Å²) in [6.07, 6.45) is 4.01. The van der Waals surface area contributed by atoms with E-state index in [1.165, 1.54) is 11.8 Å². The number of hydrogen-bond acceptors (Lipinski definition) is 6. The molecule has 0 unspecified atom stereocenters. The van der Waals surface area contributed by atoms with Gasteiger partial charge in [0.05, 0.1) is 6.42 Å². The van der Waals surface area contributed by atoms with Gasteiger partial charge in [-0.2, -0.15) is 4.98 Å². The van der Waals surface area contributed by atoms with Crippen LogP contribution in [0.1, 0.15) is 22.5 Å². The van der Waals surface area contributed by atoms with Crippen LogP contribution in [0.2, 0.25) is 0 Å². The van der Waals surface area contributed by atoms with Crippen LogP contribution in [0.4, 0.5) is 5.82 Å². The standard InChI is InChI=1S/C24H23N7OS/c1-14-9-8-12-30-21(14)27-20(17-10-6-5-7-11-17)22(30)26-19(32)13-18-15(2)25-23-28-24(33-4)29-31(23)16(18)3/h5-12H,13H2,1-4H3,(H,26,32). The number of nitrogens with zero attached hydrogens (tertiary/aromatic N) is 6. The molecule has 9 heteroatoms. The van der Waals surface area contributed by atoms with E-state index in [0.29, 0.717) is 16.8 Å². The quantitative estimate of drug-likeness (QED) is 0.397. The maximum Gasteiger partial charge on any atom is 0.253 e. The summed E-state index contributed by atoms with van der Waals surface area (Å²) in [7, 11) is 0. The van der Waals surface area contributed by atoms with E-state index in [0.717, 1.165) is 39.4 Å². The van der Waals surface area contributed by atoms with Crippen LogP contribution in [-0.2, 0) is 11.2 Å². The van der Waals surface area contributed by atoms with E-state index >= 15 is 0 Å². The molecule has 0 aliphatic rings. The molecule has 0 fully saturated rings. The second kappa shape index (κ2) is 8.32. The number of imidazole rings is 1. The molecular formula is C24H23N7OS. The lowest BCUT2D eigenvalue weighted by Gasteiger charge is -2.12. The number of rotatable bonds is 5. The molecule has 166 valence electrons. The predicted octanol–water partition coefficient (Wildman–Crippen LogP) is 4.27. The topological polar surface area (TPSA) is 89.5 Å². The normalized spacial score (nSPS) is 11.4. The second-order valence-corrected chi connectivity index (χ2v) is 8.63. The largest absolute Gasteiger partial charge is 0.310 e. The highest BCUT2D eigenvalue weighted by Gasteiger charge is 2.20. The van der Waals surface area contributed by atoms with Gasteiger partial charge in [0.1, 0.15) is 17.2 Å². The number of nitrogens with one attached hydrogen (secondary N) is 1. The molecule has 0 aliphatic carbocycles. The highest BCUT2D eigenvalue weighted by molar-refractivity contribution is 7.98. The molecule has 0 spiro atoms. The average Bonchev–Trinajstić information content (AvgIpc) is 3.40. The molecule has 1 N–H and O–H groups in total. The minimum atomic E-state index is -0.145. The number of anilines is 1. The van der Waals surface area contributed by atoms with Crippen LogP contribution in [0.15, 0.2) is 53.8 Å². The lowest BCUT2D eigenvalue weighted by atomic mass is 10.1. The number of carbonyl (C=O) groups is 1. The van der Waals surface area contributed by atoms with Crippen molar-refractivity contribution in [1.82, 2.24) is 29.0 Å². The van der Waals surface area contributed by atoms with Crippen LogP contribution in [0.25, 0.3) is 22.7 Å². The highest BCUT2D eigenvalue weighted by Crippen LogP contribution is 2.30. The van der Waals surface area contributed by atoms with Crippen molar-refractivity contribution in [2.45, 2.75) is 32.3 Å². The van der Waals surface area contributed by atoms with Crippen molar-refractivity contribution < 1.29 is 4.79 Å². The molecule has 1 aromatic carbocycles. The van der Waals surface area contributed by atoms with Gasteiger partial charge in [0.2, 0.25) is 11.1 Å². The molecule has 33 heavy (non-hydrogen) atoms. The van der Waals surface area contributed by atoms with E-state index in [1.54, 1.807) is 4.52 Å². The number of carbonyl (C=O) groups excluding carboxylic acids is 1. The Labute approximate surface area is 195 Å². The minimum absolute atomic E-state index is 0.145. The Morgan fingerprint density at radius 3 is 2.58 bits per heavy atom. The maximum absolute atomic E-state index is 13.3. The van der Waals surface area contributed by atoms with Crippen molar-refractivity contribution >= 4 is 34.9 Å². The Morgan fingerprint density at radius 1 is 1.03 bits per heavy atom. The van der Waals surface area contributed by atoms with Crippen molar-refractivity contribution in [3.63, 3.8) is 0 Å². The van der Waals surface area contributed by atoms with Gasteiger partial charge in [0.15, 0.2) is 0 Å². The zero-order chi connectivity index (χ0) is 23.1. The summed E-state index contributed by atoms with van der Waals surface area (Å²) < 4.78 is 3.63. The number of pyridine rings is 1. The first kappa shape index (κ1) is 21.1. The Hall–Kier alpha value is -3.72. The zero-order valence-electron chi connectivity index (χ0n) is 18.8. The molecule has 1 amide bonds. The third-order valence-corrected chi connectivity index (χ3v) is 6.24. The lowest BCUT2D eigenvalue weighted by Crippen LogP contribution is -2.19. The molecule has 0 bridgehead atoms. The van der Waals surface area contributed by atoms with Gasteiger partial charge in [-0.25, -0.2) is 14.5 Å². The number of amides is 1. The highest BCUT2D eigenvalue weighted by atomic mass is 32.2. The first-order valence-electron chi connectivity index (χ1n) is 10.6. The molecule has 0 saturated carbocycles. The summed E-state index contributed by atoms with van der Waals surface area (Å²) in [6, 6.07) is 13.8. The number of aromatic nitrogens is 6. The van der Waals surface area contributed by atoms with Gasteiger partial charge in [0.25, 0.3) is 5.78 Å². The van der Waals surface area contributed by atoms with Crippen LogP contribution in [0.5, 0.6) is 0 Å². The van der Waals surface area contributed by atoms with Crippen LogP contribution >= 0.6 is 11.8 Å². The first-order chi connectivity index (χ1) is 16.0. The molecular weight excluding hydrogens is 434 g/mol. The van der Waals surface area contributed by atoms with Crippen LogP contribution in [0.3, 0.4) is 0 Å². The van der Waals surface area contributed by atoms with E-state index < -0.39 is 0 Å². The number of benzene rings is 1. The van der Waals surface area contributed by atoms with Crippen LogP contribution in [-0.4, -0.2) is 41.1 Å². The van der Waals surface area contributed by atoms with Crippen molar-refractivity contribution in [2.75, 3.05) is 11.6 Å². The Balaban J connectivity index is 1.53. The maximum atomic E-state index is 13.3. The van der Waals surface area contributed by atoms with E-state index in [1.807, 2.05) is 80.1 Å². The molecule has 0 saturated heterocycles. The van der Waals surface area contributed by atoms with Crippen molar-refractivity contribution in [3.8, 4) is 11.3 Å². The van der Waals surface area contributed by atoms with Crippen LogP contribution < -0.4 is 5.32 Å². The van der Waals surface area contributed by atoms with Gasteiger partial charge >= 0.3 is 0 Å². The molecule has 0 aliphatic heterocycles. The first-order valence-corrected chi connectivity index (χ1v) is 11.8. The summed E-state index contributed by atoms with van der Waals surface area (Å²) in [6.45, 7) is 5.85. The Morgan fingerprint density at radius 2 is 1.82 bits per heavy atom. The summed E-state index contributed by atoms with van der Waals surface area (Å²) in [4.78, 5) is 27.1. The smallest absolute Gasteiger partial charge is 0.253 e.